The number of rotatable bonds is 8. The molecule has 0 bridgehead atoms. The summed E-state index contributed by atoms with van der Waals surface area (Å²) in [6, 6.07) is 9.01. The molecule has 1 aromatic carbocycles. The maximum Gasteiger partial charge on any atom is 0.119 e. The zero-order valence-electron chi connectivity index (χ0n) is 11.6. The van der Waals surface area contributed by atoms with Crippen molar-refractivity contribution in [1.82, 2.24) is 5.32 Å². The van der Waals surface area contributed by atoms with Crippen molar-refractivity contribution in [2.24, 2.45) is 5.92 Å². The first kappa shape index (κ1) is 13.4. The van der Waals surface area contributed by atoms with Crippen LogP contribution in [0.5, 0.6) is 5.75 Å². The molecule has 2 heteroatoms. The van der Waals surface area contributed by atoms with Crippen molar-refractivity contribution in [3.05, 3.63) is 29.8 Å². The van der Waals surface area contributed by atoms with E-state index in [9.17, 15) is 0 Å². The Morgan fingerprint density at radius 3 is 2.83 bits per heavy atom. The Kier molecular flexibility index (Phi) is 5.06. The lowest BCUT2D eigenvalue weighted by Crippen LogP contribution is -2.21. The fraction of sp³-hybridized carbons (Fsp3) is 0.625. The number of benzene rings is 1. The maximum atomic E-state index is 5.84. The second kappa shape index (κ2) is 6.79. The topological polar surface area (TPSA) is 21.3 Å². The van der Waals surface area contributed by atoms with E-state index in [2.05, 4.69) is 43.4 Å². The van der Waals surface area contributed by atoms with E-state index in [1.165, 1.54) is 24.8 Å². The molecule has 0 aliphatic heterocycles. The summed E-state index contributed by atoms with van der Waals surface area (Å²) in [7, 11) is 0. The minimum Gasteiger partial charge on any atom is -0.493 e. The Hall–Kier alpha value is -1.02. The van der Waals surface area contributed by atoms with Crippen LogP contribution < -0.4 is 10.1 Å². The molecule has 1 atom stereocenters. The molecule has 2 rings (SSSR count). The molecule has 0 aromatic heterocycles. The monoisotopic (exact) mass is 247 g/mol. The molecular formula is C16H25NO. The molecule has 0 amide bonds. The molecule has 1 aliphatic rings. The zero-order chi connectivity index (χ0) is 12.8. The van der Waals surface area contributed by atoms with Gasteiger partial charge in [-0.25, -0.2) is 0 Å². The maximum absolute atomic E-state index is 5.84. The van der Waals surface area contributed by atoms with E-state index in [4.69, 9.17) is 4.74 Å². The highest BCUT2D eigenvalue weighted by Gasteiger charge is 2.22. The van der Waals surface area contributed by atoms with Gasteiger partial charge in [0.2, 0.25) is 0 Å². The zero-order valence-corrected chi connectivity index (χ0v) is 11.6. The molecule has 1 unspecified atom stereocenters. The van der Waals surface area contributed by atoms with Crippen molar-refractivity contribution < 1.29 is 4.74 Å². The van der Waals surface area contributed by atoms with Gasteiger partial charge in [-0.3, -0.25) is 0 Å². The van der Waals surface area contributed by atoms with Crippen LogP contribution in [0.2, 0.25) is 0 Å². The average Bonchev–Trinajstić information content (AvgIpc) is 3.22. The third-order valence-electron chi connectivity index (χ3n) is 3.49. The fourth-order valence-corrected chi connectivity index (χ4v) is 2.14. The summed E-state index contributed by atoms with van der Waals surface area (Å²) in [6.45, 7) is 6.40. The first-order valence-electron chi connectivity index (χ1n) is 7.29. The van der Waals surface area contributed by atoms with Crippen molar-refractivity contribution in [1.29, 1.82) is 0 Å². The Bertz CT molecular complexity index is 360. The van der Waals surface area contributed by atoms with Crippen LogP contribution in [-0.2, 0) is 0 Å². The van der Waals surface area contributed by atoms with Gasteiger partial charge >= 0.3 is 0 Å². The molecule has 18 heavy (non-hydrogen) atoms. The Morgan fingerprint density at radius 2 is 2.17 bits per heavy atom. The summed E-state index contributed by atoms with van der Waals surface area (Å²) in [5, 5.41) is 3.58. The normalized spacial score (nSPS) is 16.6. The average molecular weight is 247 g/mol. The van der Waals surface area contributed by atoms with Crippen LogP contribution in [0.4, 0.5) is 0 Å². The summed E-state index contributed by atoms with van der Waals surface area (Å²) in [5.41, 5.74) is 1.35. The van der Waals surface area contributed by atoms with E-state index < -0.39 is 0 Å². The molecule has 1 N–H and O–H groups in total. The molecular weight excluding hydrogens is 222 g/mol. The standard InChI is InChI=1S/C16H25NO/c1-3-10-17-16(4-2)14-6-5-7-15(11-14)18-12-13-8-9-13/h5-7,11,13,16-17H,3-4,8-10,12H2,1-2H3. The second-order valence-corrected chi connectivity index (χ2v) is 5.24. The van der Waals surface area contributed by atoms with Crippen molar-refractivity contribution in [3.63, 3.8) is 0 Å². The van der Waals surface area contributed by atoms with Crippen LogP contribution in [0.1, 0.15) is 51.1 Å². The van der Waals surface area contributed by atoms with Crippen molar-refractivity contribution >= 4 is 0 Å². The highest BCUT2D eigenvalue weighted by atomic mass is 16.5. The highest BCUT2D eigenvalue weighted by molar-refractivity contribution is 5.30. The van der Waals surface area contributed by atoms with Gasteiger partial charge in [-0.05, 0) is 55.8 Å². The van der Waals surface area contributed by atoms with Gasteiger partial charge in [0.25, 0.3) is 0 Å². The molecule has 100 valence electrons. The lowest BCUT2D eigenvalue weighted by atomic mass is 10.0. The van der Waals surface area contributed by atoms with E-state index in [1.807, 2.05) is 0 Å². The van der Waals surface area contributed by atoms with E-state index in [0.29, 0.717) is 6.04 Å². The second-order valence-electron chi connectivity index (χ2n) is 5.24. The van der Waals surface area contributed by atoms with Crippen LogP contribution in [0.25, 0.3) is 0 Å². The van der Waals surface area contributed by atoms with Gasteiger partial charge in [0.05, 0.1) is 6.61 Å². The smallest absolute Gasteiger partial charge is 0.119 e. The molecule has 0 spiro atoms. The summed E-state index contributed by atoms with van der Waals surface area (Å²) in [4.78, 5) is 0. The van der Waals surface area contributed by atoms with E-state index in [1.54, 1.807) is 0 Å². The SMILES string of the molecule is CCCNC(CC)c1cccc(OCC2CC2)c1. The predicted octanol–water partition coefficient (Wildman–Crippen LogP) is 3.93. The third-order valence-corrected chi connectivity index (χ3v) is 3.49. The molecule has 1 aromatic rings. The van der Waals surface area contributed by atoms with Gasteiger partial charge in [-0.15, -0.1) is 0 Å². The molecule has 0 radical (unpaired) electrons. The summed E-state index contributed by atoms with van der Waals surface area (Å²) in [6.07, 6.45) is 4.98. The Labute approximate surface area is 111 Å². The van der Waals surface area contributed by atoms with Gasteiger partial charge in [0, 0.05) is 6.04 Å². The summed E-state index contributed by atoms with van der Waals surface area (Å²) >= 11 is 0. The number of ether oxygens (including phenoxy) is 1. The summed E-state index contributed by atoms with van der Waals surface area (Å²) < 4.78 is 5.84. The van der Waals surface area contributed by atoms with Gasteiger partial charge in [0.15, 0.2) is 0 Å². The van der Waals surface area contributed by atoms with Gasteiger partial charge in [-0.2, -0.15) is 0 Å². The largest absolute Gasteiger partial charge is 0.493 e. The van der Waals surface area contributed by atoms with E-state index in [0.717, 1.165) is 31.2 Å². The minimum absolute atomic E-state index is 0.453. The van der Waals surface area contributed by atoms with Crippen LogP contribution in [0.3, 0.4) is 0 Å². The van der Waals surface area contributed by atoms with Crippen LogP contribution >= 0.6 is 0 Å². The number of hydrogen-bond acceptors (Lipinski definition) is 2. The van der Waals surface area contributed by atoms with Crippen LogP contribution in [0.15, 0.2) is 24.3 Å². The summed E-state index contributed by atoms with van der Waals surface area (Å²) in [5.74, 6) is 1.84. The third kappa shape index (κ3) is 4.02. The van der Waals surface area contributed by atoms with Crippen molar-refractivity contribution in [3.8, 4) is 5.75 Å². The van der Waals surface area contributed by atoms with Crippen molar-refractivity contribution in [2.45, 2.75) is 45.6 Å². The van der Waals surface area contributed by atoms with Gasteiger partial charge < -0.3 is 10.1 Å². The first-order chi connectivity index (χ1) is 8.83. The first-order valence-corrected chi connectivity index (χ1v) is 7.29. The predicted molar refractivity (Wildman–Crippen MR) is 76.0 cm³/mol. The fourth-order valence-electron chi connectivity index (χ4n) is 2.14. The lowest BCUT2D eigenvalue weighted by molar-refractivity contribution is 0.299. The number of hydrogen-bond donors (Lipinski definition) is 1. The lowest BCUT2D eigenvalue weighted by Gasteiger charge is -2.18. The Balaban J connectivity index is 1.94. The molecule has 0 heterocycles. The molecule has 0 saturated heterocycles. The Morgan fingerprint density at radius 1 is 1.33 bits per heavy atom. The van der Waals surface area contributed by atoms with Crippen LogP contribution in [-0.4, -0.2) is 13.2 Å². The molecule has 1 aliphatic carbocycles. The molecule has 1 saturated carbocycles. The van der Waals surface area contributed by atoms with Gasteiger partial charge in [0.1, 0.15) is 5.75 Å². The van der Waals surface area contributed by atoms with E-state index in [-0.39, 0.29) is 0 Å². The quantitative estimate of drug-likeness (QED) is 0.751. The highest BCUT2D eigenvalue weighted by Crippen LogP contribution is 2.30. The molecule has 1 fully saturated rings. The van der Waals surface area contributed by atoms with Gasteiger partial charge in [-0.1, -0.05) is 26.0 Å². The van der Waals surface area contributed by atoms with Crippen molar-refractivity contribution in [2.75, 3.05) is 13.2 Å². The minimum atomic E-state index is 0.453. The van der Waals surface area contributed by atoms with E-state index >= 15 is 0 Å². The van der Waals surface area contributed by atoms with Crippen LogP contribution in [0, 0.1) is 5.92 Å². The number of nitrogens with one attached hydrogen (secondary N) is 1. The molecule has 2 nitrogen and oxygen atoms in total.